The Morgan fingerprint density at radius 1 is 0.971 bits per heavy atom. The van der Waals surface area contributed by atoms with E-state index in [4.69, 9.17) is 5.73 Å². The first-order valence-corrected chi connectivity index (χ1v) is 14.2. The fourth-order valence-corrected chi connectivity index (χ4v) is 4.21. The number of rotatable bonds is 17. The molecule has 0 spiro atoms. The van der Waals surface area contributed by atoms with Crippen LogP contribution in [-0.4, -0.2) is 86.9 Å². The molecule has 1 aromatic heterocycles. The number of aromatic nitrogens is 2. The van der Waals surface area contributed by atoms with Crippen molar-refractivity contribution in [3.8, 4) is 0 Å². The minimum atomic E-state index is -1.20. The van der Waals surface area contributed by atoms with E-state index in [1.807, 2.05) is 26.4 Å². The molecule has 0 fully saturated rings. The highest BCUT2D eigenvalue weighted by molar-refractivity contribution is 7.98. The monoisotopic (exact) mass is 530 g/mol. The van der Waals surface area contributed by atoms with Gasteiger partial charge in [-0.25, -0.2) is 9.78 Å². The number of amides is 3. The Morgan fingerprint density at radius 3 is 1.91 bits per heavy atom. The molecule has 198 valence electrons. The van der Waals surface area contributed by atoms with Crippen molar-refractivity contribution < 1.29 is 24.3 Å². The number of imidazole rings is 1. The summed E-state index contributed by atoms with van der Waals surface area (Å²) >= 11 is 3.02. The van der Waals surface area contributed by atoms with E-state index >= 15 is 0 Å². The van der Waals surface area contributed by atoms with Crippen LogP contribution in [0.5, 0.6) is 0 Å². The lowest BCUT2D eigenvalue weighted by Gasteiger charge is -2.25. The zero-order valence-corrected chi connectivity index (χ0v) is 22.3. The predicted octanol–water partition coefficient (Wildman–Crippen LogP) is 0.371. The van der Waals surface area contributed by atoms with Gasteiger partial charge >= 0.3 is 5.97 Å². The van der Waals surface area contributed by atoms with Crippen LogP contribution in [0.25, 0.3) is 0 Å². The maximum absolute atomic E-state index is 13.1. The molecule has 0 saturated carbocycles. The molecule has 0 aliphatic rings. The zero-order valence-electron chi connectivity index (χ0n) is 20.7. The van der Waals surface area contributed by atoms with Crippen molar-refractivity contribution in [1.82, 2.24) is 25.9 Å². The third kappa shape index (κ3) is 11.8. The van der Waals surface area contributed by atoms with Crippen LogP contribution in [0.2, 0.25) is 0 Å². The number of nitrogens with zero attached hydrogens (tertiary/aromatic N) is 1. The smallest absolute Gasteiger partial charge is 0.326 e. The number of hydrogen-bond donors (Lipinski definition) is 6. The van der Waals surface area contributed by atoms with Crippen molar-refractivity contribution in [2.75, 3.05) is 24.0 Å². The number of H-pyrrole nitrogens is 1. The number of carbonyl (C=O) groups excluding carboxylic acids is 3. The molecule has 35 heavy (non-hydrogen) atoms. The highest BCUT2D eigenvalue weighted by atomic mass is 32.2. The summed E-state index contributed by atoms with van der Waals surface area (Å²) < 4.78 is 0. The summed E-state index contributed by atoms with van der Waals surface area (Å²) in [6.07, 6.45) is 7.83. The first-order chi connectivity index (χ1) is 16.6. The number of aliphatic carboxylic acids is 1. The maximum atomic E-state index is 13.1. The van der Waals surface area contributed by atoms with Gasteiger partial charge in [-0.2, -0.15) is 23.5 Å². The number of hydrogen-bond acceptors (Lipinski definition) is 8. The lowest BCUT2D eigenvalue weighted by Crippen LogP contribution is -2.57. The van der Waals surface area contributed by atoms with Gasteiger partial charge in [0.15, 0.2) is 0 Å². The van der Waals surface area contributed by atoms with Gasteiger partial charge in [-0.3, -0.25) is 14.4 Å². The van der Waals surface area contributed by atoms with Crippen LogP contribution in [0, 0.1) is 5.92 Å². The van der Waals surface area contributed by atoms with Gasteiger partial charge in [0.25, 0.3) is 0 Å². The highest BCUT2D eigenvalue weighted by Gasteiger charge is 2.30. The standard InChI is InChI=1S/C22H38N6O5S2/c1-13(2)9-15(23)19(29)26-16(5-7-34-3)20(30)27-17(6-8-35-4)21(31)28-18(22(32)33)10-14-11-24-12-25-14/h11-13,15-18H,5-10,23H2,1-4H3,(H,24,25)(H,26,29)(H,27,30)(H,28,31)(H,32,33). The Labute approximate surface area is 214 Å². The first-order valence-electron chi connectivity index (χ1n) is 11.4. The highest BCUT2D eigenvalue weighted by Crippen LogP contribution is 2.08. The molecule has 11 nitrogen and oxygen atoms in total. The first kappa shape index (κ1) is 30.8. The second-order valence-corrected chi connectivity index (χ2v) is 10.6. The van der Waals surface area contributed by atoms with Crippen LogP contribution in [0.1, 0.15) is 38.8 Å². The van der Waals surface area contributed by atoms with Crippen LogP contribution < -0.4 is 21.7 Å². The van der Waals surface area contributed by atoms with Crippen LogP contribution in [0.3, 0.4) is 0 Å². The molecule has 3 amide bonds. The molecule has 1 rings (SSSR count). The molecule has 4 atom stereocenters. The molecule has 1 heterocycles. The predicted molar refractivity (Wildman–Crippen MR) is 139 cm³/mol. The normalized spacial score (nSPS) is 14.6. The van der Waals surface area contributed by atoms with Gasteiger partial charge in [-0.15, -0.1) is 0 Å². The minimum Gasteiger partial charge on any atom is -0.480 e. The summed E-state index contributed by atoms with van der Waals surface area (Å²) in [6, 6.07) is -3.76. The maximum Gasteiger partial charge on any atom is 0.326 e. The molecule has 0 aromatic carbocycles. The van der Waals surface area contributed by atoms with Crippen LogP contribution >= 0.6 is 23.5 Å². The van der Waals surface area contributed by atoms with E-state index < -0.39 is 47.9 Å². The van der Waals surface area contributed by atoms with E-state index in [0.29, 0.717) is 36.5 Å². The van der Waals surface area contributed by atoms with E-state index in [2.05, 4.69) is 25.9 Å². The van der Waals surface area contributed by atoms with Crippen molar-refractivity contribution in [2.45, 2.75) is 63.7 Å². The van der Waals surface area contributed by atoms with Gasteiger partial charge in [0.05, 0.1) is 12.4 Å². The van der Waals surface area contributed by atoms with E-state index in [-0.39, 0.29) is 12.3 Å². The Kier molecular flexibility index (Phi) is 14.4. The van der Waals surface area contributed by atoms with E-state index in [1.54, 1.807) is 0 Å². The summed E-state index contributed by atoms with van der Waals surface area (Å²) in [5.41, 5.74) is 6.53. The second kappa shape index (κ2) is 16.4. The summed E-state index contributed by atoms with van der Waals surface area (Å²) in [7, 11) is 0. The van der Waals surface area contributed by atoms with Crippen molar-refractivity contribution in [2.24, 2.45) is 11.7 Å². The van der Waals surface area contributed by atoms with Crippen molar-refractivity contribution in [3.05, 3.63) is 18.2 Å². The largest absolute Gasteiger partial charge is 0.480 e. The van der Waals surface area contributed by atoms with Gasteiger partial charge < -0.3 is 31.8 Å². The third-order valence-electron chi connectivity index (χ3n) is 5.14. The van der Waals surface area contributed by atoms with E-state index in [1.165, 1.54) is 36.0 Å². The number of carboxylic acids is 1. The number of aromatic amines is 1. The molecule has 0 aliphatic carbocycles. The average molecular weight is 531 g/mol. The summed E-state index contributed by atoms with van der Waals surface area (Å²) in [5.74, 6) is -1.33. The lowest BCUT2D eigenvalue weighted by molar-refractivity contribution is -0.142. The molecular formula is C22H38N6O5S2. The Morgan fingerprint density at radius 2 is 1.49 bits per heavy atom. The summed E-state index contributed by atoms with van der Waals surface area (Å²) in [4.78, 5) is 57.0. The number of thioether (sulfide) groups is 2. The number of carboxylic acid groups (broad SMARTS) is 1. The fourth-order valence-electron chi connectivity index (χ4n) is 3.26. The van der Waals surface area contributed by atoms with Crippen molar-refractivity contribution in [1.29, 1.82) is 0 Å². The quantitative estimate of drug-likeness (QED) is 0.166. The van der Waals surface area contributed by atoms with Gasteiger partial charge in [0.2, 0.25) is 17.7 Å². The third-order valence-corrected chi connectivity index (χ3v) is 6.43. The molecule has 0 saturated heterocycles. The van der Waals surface area contributed by atoms with Gasteiger partial charge in [0.1, 0.15) is 18.1 Å². The molecule has 7 N–H and O–H groups in total. The molecule has 1 aromatic rings. The minimum absolute atomic E-state index is 0.0183. The molecule has 13 heteroatoms. The van der Waals surface area contributed by atoms with Gasteiger partial charge in [0, 0.05) is 18.3 Å². The fraction of sp³-hybridized carbons (Fsp3) is 0.682. The van der Waals surface area contributed by atoms with Crippen molar-refractivity contribution in [3.63, 3.8) is 0 Å². The number of nitrogens with one attached hydrogen (secondary N) is 4. The van der Waals surface area contributed by atoms with Crippen LogP contribution in [-0.2, 0) is 25.6 Å². The SMILES string of the molecule is CSCCC(NC(=O)C(N)CC(C)C)C(=O)NC(CCSC)C(=O)NC(Cc1cnc[nH]1)C(=O)O. The lowest BCUT2D eigenvalue weighted by atomic mass is 10.0. The molecule has 4 unspecified atom stereocenters. The summed E-state index contributed by atoms with van der Waals surface area (Å²) in [6.45, 7) is 3.91. The van der Waals surface area contributed by atoms with E-state index in [9.17, 15) is 24.3 Å². The van der Waals surface area contributed by atoms with Crippen LogP contribution in [0.15, 0.2) is 12.5 Å². The van der Waals surface area contributed by atoms with Gasteiger partial charge in [-0.05, 0) is 49.2 Å². The summed E-state index contributed by atoms with van der Waals surface area (Å²) in [5, 5.41) is 17.5. The Bertz CT molecular complexity index is 808. The average Bonchev–Trinajstić information content (AvgIpc) is 3.31. The Hall–Kier alpha value is -2.25. The molecular weight excluding hydrogens is 492 g/mol. The topological polar surface area (TPSA) is 179 Å². The number of carbonyl (C=O) groups is 4. The molecule has 0 bridgehead atoms. The molecule has 0 aliphatic heterocycles. The van der Waals surface area contributed by atoms with Crippen LogP contribution in [0.4, 0.5) is 0 Å². The molecule has 0 radical (unpaired) electrons. The number of nitrogens with two attached hydrogens (primary N) is 1. The van der Waals surface area contributed by atoms with Crippen molar-refractivity contribution >= 4 is 47.2 Å². The Balaban J connectivity index is 2.92. The second-order valence-electron chi connectivity index (χ2n) is 8.60. The zero-order chi connectivity index (χ0) is 26.4. The van der Waals surface area contributed by atoms with Gasteiger partial charge in [-0.1, -0.05) is 13.8 Å². The van der Waals surface area contributed by atoms with E-state index in [0.717, 1.165) is 0 Å².